The van der Waals surface area contributed by atoms with Crippen LogP contribution in [0.3, 0.4) is 0 Å². The van der Waals surface area contributed by atoms with Crippen molar-refractivity contribution in [2.24, 2.45) is 9.98 Å². The van der Waals surface area contributed by atoms with Crippen LogP contribution in [0.25, 0.3) is 22.3 Å². The quantitative estimate of drug-likeness (QED) is 0.211. The molecule has 0 spiro atoms. The molecule has 0 atom stereocenters. The number of nitrogens with zero attached hydrogens (tertiary/aromatic N) is 2. The highest BCUT2D eigenvalue weighted by Gasteiger charge is 2.25. The van der Waals surface area contributed by atoms with Gasteiger partial charge in [0, 0.05) is 11.1 Å². The molecule has 0 fully saturated rings. The lowest BCUT2D eigenvalue weighted by Gasteiger charge is -2.28. The van der Waals surface area contributed by atoms with Crippen LogP contribution in [0.1, 0.15) is 66.5 Å². The van der Waals surface area contributed by atoms with Crippen LogP contribution in [0.5, 0.6) is 11.5 Å². The van der Waals surface area contributed by atoms with E-state index in [1.54, 1.807) is 14.2 Å². The van der Waals surface area contributed by atoms with Crippen molar-refractivity contribution in [1.29, 1.82) is 0 Å². The fourth-order valence-electron chi connectivity index (χ4n) is 5.04. The molecule has 0 aliphatic heterocycles. The normalized spacial score (nSPS) is 12.8. The Kier molecular flexibility index (Phi) is 9.06. The first-order valence-corrected chi connectivity index (χ1v) is 14.5. The van der Waals surface area contributed by atoms with E-state index in [0.29, 0.717) is 0 Å². The third-order valence-corrected chi connectivity index (χ3v) is 7.57. The van der Waals surface area contributed by atoms with E-state index >= 15 is 0 Å². The molecule has 0 aliphatic carbocycles. The van der Waals surface area contributed by atoms with Gasteiger partial charge in [0.2, 0.25) is 0 Å². The van der Waals surface area contributed by atoms with E-state index in [1.165, 1.54) is 11.1 Å². The van der Waals surface area contributed by atoms with E-state index in [1.807, 2.05) is 24.3 Å². The van der Waals surface area contributed by atoms with Crippen LogP contribution in [-0.2, 0) is 10.8 Å². The van der Waals surface area contributed by atoms with Crippen LogP contribution in [0, 0.1) is 0 Å². The number of hydrogen-bond acceptors (Lipinski definition) is 4. The maximum absolute atomic E-state index is 5.41. The molecule has 0 N–H and O–H groups in total. The predicted molar refractivity (Wildman–Crippen MR) is 180 cm³/mol. The monoisotopic (exact) mass is 560 g/mol. The maximum atomic E-state index is 5.41. The topological polar surface area (TPSA) is 43.2 Å². The van der Waals surface area contributed by atoms with Crippen molar-refractivity contribution >= 4 is 22.8 Å². The minimum Gasteiger partial charge on any atom is -0.497 e. The average Bonchev–Trinajstić information content (AvgIpc) is 2.96. The van der Waals surface area contributed by atoms with Gasteiger partial charge in [-0.05, 0) is 71.2 Å². The molecule has 0 saturated heterocycles. The molecule has 4 heteroatoms. The van der Waals surface area contributed by atoms with Crippen molar-refractivity contribution in [3.63, 3.8) is 0 Å². The molecule has 4 aromatic rings. The van der Waals surface area contributed by atoms with Crippen molar-refractivity contribution in [2.75, 3.05) is 14.2 Å². The summed E-state index contributed by atoms with van der Waals surface area (Å²) in [7, 11) is 3.37. The Bertz CT molecular complexity index is 1500. The summed E-state index contributed by atoms with van der Waals surface area (Å²) in [6.45, 7) is 17.6. The summed E-state index contributed by atoms with van der Waals surface area (Å²) < 4.78 is 10.8. The molecule has 0 unspecified atom stereocenters. The molecular formula is C38H44N2O2. The highest BCUT2D eigenvalue weighted by atomic mass is 16.5. The summed E-state index contributed by atoms with van der Waals surface area (Å²) >= 11 is 0. The first-order chi connectivity index (χ1) is 19.8. The van der Waals surface area contributed by atoms with Gasteiger partial charge < -0.3 is 9.47 Å². The molecule has 4 rings (SSSR count). The van der Waals surface area contributed by atoms with Crippen molar-refractivity contribution < 1.29 is 9.47 Å². The Morgan fingerprint density at radius 3 is 1.21 bits per heavy atom. The third-order valence-electron chi connectivity index (χ3n) is 7.57. The van der Waals surface area contributed by atoms with E-state index in [0.717, 1.165) is 56.6 Å². The molecule has 218 valence electrons. The number of hydrogen-bond donors (Lipinski definition) is 0. The van der Waals surface area contributed by atoms with Gasteiger partial charge in [-0.15, -0.1) is 0 Å². The Balaban J connectivity index is 1.93. The smallest absolute Gasteiger partial charge is 0.118 e. The second-order valence-corrected chi connectivity index (χ2v) is 12.8. The fraction of sp³-hybridized carbons (Fsp3) is 0.316. The van der Waals surface area contributed by atoms with Crippen LogP contribution in [0.15, 0.2) is 94.9 Å². The van der Waals surface area contributed by atoms with Crippen LogP contribution in [0.4, 0.5) is 11.4 Å². The van der Waals surface area contributed by atoms with Crippen LogP contribution < -0.4 is 9.47 Å². The van der Waals surface area contributed by atoms with Gasteiger partial charge in [0.25, 0.3) is 0 Å². The van der Waals surface area contributed by atoms with Gasteiger partial charge in [-0.1, -0.05) is 102 Å². The summed E-state index contributed by atoms with van der Waals surface area (Å²) in [5, 5.41) is 0. The van der Waals surface area contributed by atoms with Crippen molar-refractivity contribution in [3.8, 4) is 33.8 Å². The minimum atomic E-state index is -0.0477. The molecule has 0 aliphatic rings. The van der Waals surface area contributed by atoms with Gasteiger partial charge in [0.1, 0.15) is 11.5 Å². The number of methoxy groups -OCH3 is 2. The molecular weight excluding hydrogens is 516 g/mol. The van der Waals surface area contributed by atoms with Crippen LogP contribution >= 0.6 is 0 Å². The predicted octanol–water partition coefficient (Wildman–Crippen LogP) is 10.5. The Labute approximate surface area is 252 Å². The largest absolute Gasteiger partial charge is 0.497 e. The lowest BCUT2D eigenvalue weighted by molar-refractivity contribution is 0.415. The van der Waals surface area contributed by atoms with Crippen molar-refractivity contribution in [2.45, 2.75) is 66.2 Å². The van der Waals surface area contributed by atoms with E-state index in [9.17, 15) is 0 Å². The fourth-order valence-corrected chi connectivity index (χ4v) is 5.04. The highest BCUT2D eigenvalue weighted by Crippen LogP contribution is 2.42. The number of rotatable bonds is 7. The molecule has 42 heavy (non-hydrogen) atoms. The number of ether oxygens (including phenoxy) is 2. The summed E-state index contributed by atoms with van der Waals surface area (Å²) in [6.07, 6.45) is 0. The van der Waals surface area contributed by atoms with Gasteiger partial charge in [-0.25, -0.2) is 0 Å². The number of para-hydroxylation sites is 2. The number of aliphatic imine (C=N–C) groups is 2. The molecule has 0 saturated carbocycles. The second kappa shape index (κ2) is 12.4. The molecule has 0 heterocycles. The second-order valence-electron chi connectivity index (χ2n) is 12.8. The van der Waals surface area contributed by atoms with E-state index in [4.69, 9.17) is 19.5 Å². The minimum absolute atomic E-state index is 0.0477. The number of benzene rings is 4. The SMILES string of the molecule is COc1ccc(-c2cccc(-c3ccc(OC)cc3)c2N=C(C)C(C)=Nc2c(C(C)(C)C)cccc2C(C)(C)C)cc1. The average molecular weight is 561 g/mol. The first kappa shape index (κ1) is 30.8. The molecule has 4 aromatic carbocycles. The van der Waals surface area contributed by atoms with Gasteiger partial charge >= 0.3 is 0 Å². The molecule has 0 radical (unpaired) electrons. The molecule has 0 amide bonds. The zero-order valence-electron chi connectivity index (χ0n) is 26.8. The molecule has 0 bridgehead atoms. The maximum Gasteiger partial charge on any atom is 0.118 e. The summed E-state index contributed by atoms with van der Waals surface area (Å²) in [6, 6.07) is 29.2. The van der Waals surface area contributed by atoms with Gasteiger partial charge in [0.15, 0.2) is 0 Å². The first-order valence-electron chi connectivity index (χ1n) is 14.5. The van der Waals surface area contributed by atoms with Gasteiger partial charge in [-0.2, -0.15) is 0 Å². The zero-order valence-corrected chi connectivity index (χ0v) is 26.8. The molecule has 4 nitrogen and oxygen atoms in total. The summed E-state index contributed by atoms with van der Waals surface area (Å²) in [5.41, 5.74) is 10.3. The highest BCUT2D eigenvalue weighted by molar-refractivity contribution is 6.41. The third kappa shape index (κ3) is 6.82. The lowest BCUT2D eigenvalue weighted by atomic mass is 9.79. The Hall–Kier alpha value is -4.18. The van der Waals surface area contributed by atoms with Gasteiger partial charge in [-0.3, -0.25) is 9.98 Å². The van der Waals surface area contributed by atoms with Crippen molar-refractivity contribution in [1.82, 2.24) is 0 Å². The standard InChI is InChI=1S/C38H44N2O2/c1-25(26(2)40-36-33(37(3,4)5)15-12-16-34(36)38(6,7)8)39-35-31(27-17-21-29(41-9)22-18-27)13-11-14-32(35)28-19-23-30(42-10)24-20-28/h11-24H,1-10H3. The van der Waals surface area contributed by atoms with E-state index in [-0.39, 0.29) is 10.8 Å². The lowest BCUT2D eigenvalue weighted by Crippen LogP contribution is -2.18. The van der Waals surface area contributed by atoms with Gasteiger partial charge in [0.05, 0.1) is 37.0 Å². The molecule has 0 aromatic heterocycles. The summed E-state index contributed by atoms with van der Waals surface area (Å²) in [5.74, 6) is 1.64. The Morgan fingerprint density at radius 2 is 0.857 bits per heavy atom. The van der Waals surface area contributed by atoms with E-state index < -0.39 is 0 Å². The van der Waals surface area contributed by atoms with Crippen LogP contribution in [0.2, 0.25) is 0 Å². The Morgan fingerprint density at radius 1 is 0.500 bits per heavy atom. The summed E-state index contributed by atoms with van der Waals surface area (Å²) in [4.78, 5) is 10.6. The van der Waals surface area contributed by atoms with Crippen LogP contribution in [-0.4, -0.2) is 25.6 Å². The zero-order chi connectivity index (χ0) is 30.7. The van der Waals surface area contributed by atoms with Crippen molar-refractivity contribution in [3.05, 3.63) is 96.1 Å². The van der Waals surface area contributed by atoms with E-state index in [2.05, 4.69) is 116 Å².